The summed E-state index contributed by atoms with van der Waals surface area (Å²) in [5.41, 5.74) is 5.63. The maximum absolute atomic E-state index is 11.9. The van der Waals surface area contributed by atoms with Crippen LogP contribution in [0.2, 0.25) is 0 Å². The van der Waals surface area contributed by atoms with Gasteiger partial charge in [0.2, 0.25) is 5.91 Å². The van der Waals surface area contributed by atoms with Crippen molar-refractivity contribution in [2.24, 2.45) is 5.73 Å². The van der Waals surface area contributed by atoms with Crippen molar-refractivity contribution in [2.45, 2.75) is 78.0 Å². The minimum absolute atomic E-state index is 0.0728. The zero-order valence-electron chi connectivity index (χ0n) is 12.8. The summed E-state index contributed by atoms with van der Waals surface area (Å²) in [6, 6.07) is 0. The molecule has 0 rings (SSSR count). The van der Waals surface area contributed by atoms with Crippen molar-refractivity contribution >= 4 is 5.91 Å². The van der Waals surface area contributed by atoms with Crippen LogP contribution in [0.15, 0.2) is 0 Å². The average Bonchev–Trinajstić information content (AvgIpc) is 2.34. The maximum atomic E-state index is 11.9. The second kappa shape index (κ2) is 7.10. The van der Waals surface area contributed by atoms with E-state index in [1.807, 2.05) is 34.6 Å². The number of carbonyl (C=O) groups excluding carboxylic acids is 1. The molecule has 0 radical (unpaired) electrons. The Balaban J connectivity index is 4.25. The van der Waals surface area contributed by atoms with Crippen LogP contribution in [-0.4, -0.2) is 29.7 Å². The molecule has 1 atom stereocenters. The van der Waals surface area contributed by atoms with E-state index < -0.39 is 6.10 Å². The van der Waals surface area contributed by atoms with Crippen LogP contribution < -0.4 is 11.1 Å². The van der Waals surface area contributed by atoms with Crippen molar-refractivity contribution < 1.29 is 9.53 Å². The third-order valence-corrected chi connectivity index (χ3v) is 3.74. The summed E-state index contributed by atoms with van der Waals surface area (Å²) in [4.78, 5) is 11.9. The Morgan fingerprint density at radius 3 is 2.11 bits per heavy atom. The zero-order chi connectivity index (χ0) is 14.4. The van der Waals surface area contributed by atoms with Gasteiger partial charge in [-0.05, 0) is 40.0 Å². The van der Waals surface area contributed by atoms with Crippen LogP contribution >= 0.6 is 0 Å². The van der Waals surface area contributed by atoms with E-state index in [1.165, 1.54) is 0 Å². The van der Waals surface area contributed by atoms with Gasteiger partial charge in [-0.1, -0.05) is 20.8 Å². The summed E-state index contributed by atoms with van der Waals surface area (Å²) in [5.74, 6) is -0.0728. The highest BCUT2D eigenvalue weighted by atomic mass is 16.5. The van der Waals surface area contributed by atoms with Gasteiger partial charge in [-0.25, -0.2) is 0 Å². The first-order valence-corrected chi connectivity index (χ1v) is 6.92. The quantitative estimate of drug-likeness (QED) is 0.701. The Hall–Kier alpha value is -0.610. The molecule has 18 heavy (non-hydrogen) atoms. The van der Waals surface area contributed by atoms with Crippen molar-refractivity contribution in [1.29, 1.82) is 0 Å². The van der Waals surface area contributed by atoms with E-state index in [2.05, 4.69) is 5.32 Å². The third kappa shape index (κ3) is 5.83. The van der Waals surface area contributed by atoms with Crippen molar-refractivity contribution in [3.63, 3.8) is 0 Å². The fourth-order valence-corrected chi connectivity index (χ4v) is 1.34. The minimum atomic E-state index is -0.461. The standard InChI is InChI=1S/C14H30N2O2/c1-7-13(5,6)16-12(17)11(4)18-10-14(15,8-2)9-3/h11H,7-10,15H2,1-6H3,(H,16,17). The lowest BCUT2D eigenvalue weighted by molar-refractivity contribution is -0.134. The highest BCUT2D eigenvalue weighted by Gasteiger charge is 2.26. The monoisotopic (exact) mass is 258 g/mol. The molecule has 0 aliphatic carbocycles. The van der Waals surface area contributed by atoms with E-state index >= 15 is 0 Å². The highest BCUT2D eigenvalue weighted by molar-refractivity contribution is 5.81. The third-order valence-electron chi connectivity index (χ3n) is 3.74. The Morgan fingerprint density at radius 2 is 1.72 bits per heavy atom. The number of nitrogens with two attached hydrogens (primary N) is 1. The number of hydrogen-bond acceptors (Lipinski definition) is 3. The lowest BCUT2D eigenvalue weighted by atomic mass is 9.95. The fraction of sp³-hybridized carbons (Fsp3) is 0.929. The van der Waals surface area contributed by atoms with Crippen LogP contribution in [0.5, 0.6) is 0 Å². The molecule has 3 N–H and O–H groups in total. The molecule has 0 heterocycles. The van der Waals surface area contributed by atoms with Gasteiger partial charge in [0.05, 0.1) is 6.61 Å². The molecule has 0 aromatic heterocycles. The predicted molar refractivity (Wildman–Crippen MR) is 75.4 cm³/mol. The Kier molecular flexibility index (Phi) is 6.86. The molecule has 4 nitrogen and oxygen atoms in total. The Morgan fingerprint density at radius 1 is 1.22 bits per heavy atom. The number of amides is 1. The SMILES string of the molecule is CCC(N)(CC)COC(C)C(=O)NC(C)(C)CC. The van der Waals surface area contributed by atoms with Gasteiger partial charge < -0.3 is 15.8 Å². The molecule has 0 aromatic rings. The molecule has 1 amide bonds. The molecule has 108 valence electrons. The van der Waals surface area contributed by atoms with Crippen molar-refractivity contribution in [3.05, 3.63) is 0 Å². The van der Waals surface area contributed by atoms with Gasteiger partial charge in [-0.2, -0.15) is 0 Å². The van der Waals surface area contributed by atoms with E-state index in [-0.39, 0.29) is 17.0 Å². The predicted octanol–water partition coefficient (Wildman–Crippen LogP) is 2.21. The Labute approximate surface area is 112 Å². The van der Waals surface area contributed by atoms with Crippen molar-refractivity contribution in [1.82, 2.24) is 5.32 Å². The lowest BCUT2D eigenvalue weighted by Gasteiger charge is -2.30. The van der Waals surface area contributed by atoms with Gasteiger partial charge >= 0.3 is 0 Å². The first-order chi connectivity index (χ1) is 8.19. The smallest absolute Gasteiger partial charge is 0.249 e. The molecule has 0 aromatic carbocycles. The maximum Gasteiger partial charge on any atom is 0.249 e. The number of nitrogens with one attached hydrogen (secondary N) is 1. The van der Waals surface area contributed by atoms with Gasteiger partial charge in [-0.15, -0.1) is 0 Å². The van der Waals surface area contributed by atoms with Crippen LogP contribution in [0, 0.1) is 0 Å². The molecular weight excluding hydrogens is 228 g/mol. The fourth-order valence-electron chi connectivity index (χ4n) is 1.34. The van der Waals surface area contributed by atoms with Crippen LogP contribution in [0.25, 0.3) is 0 Å². The lowest BCUT2D eigenvalue weighted by Crippen LogP contribution is -2.49. The summed E-state index contributed by atoms with van der Waals surface area (Å²) >= 11 is 0. The molecule has 0 fully saturated rings. The normalized spacial score (nSPS) is 14.4. The van der Waals surface area contributed by atoms with Gasteiger partial charge in [0.1, 0.15) is 6.10 Å². The van der Waals surface area contributed by atoms with Crippen LogP contribution in [0.4, 0.5) is 0 Å². The van der Waals surface area contributed by atoms with E-state index in [0.717, 1.165) is 19.3 Å². The van der Waals surface area contributed by atoms with E-state index in [1.54, 1.807) is 6.92 Å². The van der Waals surface area contributed by atoms with E-state index in [9.17, 15) is 4.79 Å². The Bertz CT molecular complexity index is 261. The molecule has 0 aliphatic heterocycles. The number of carbonyl (C=O) groups is 1. The number of ether oxygens (including phenoxy) is 1. The number of rotatable bonds is 8. The van der Waals surface area contributed by atoms with Gasteiger partial charge in [-0.3, -0.25) is 4.79 Å². The minimum Gasteiger partial charge on any atom is -0.367 e. The molecule has 0 saturated carbocycles. The van der Waals surface area contributed by atoms with E-state index in [4.69, 9.17) is 10.5 Å². The zero-order valence-corrected chi connectivity index (χ0v) is 12.8. The highest BCUT2D eigenvalue weighted by Crippen LogP contribution is 2.13. The van der Waals surface area contributed by atoms with Crippen LogP contribution in [0.3, 0.4) is 0 Å². The summed E-state index contributed by atoms with van der Waals surface area (Å²) in [5, 5.41) is 2.97. The van der Waals surface area contributed by atoms with Crippen molar-refractivity contribution in [3.8, 4) is 0 Å². The van der Waals surface area contributed by atoms with Gasteiger partial charge in [0.25, 0.3) is 0 Å². The molecular formula is C14H30N2O2. The molecule has 0 saturated heterocycles. The molecule has 1 unspecified atom stereocenters. The van der Waals surface area contributed by atoms with E-state index in [0.29, 0.717) is 6.61 Å². The molecule has 4 heteroatoms. The second-order valence-electron chi connectivity index (χ2n) is 5.75. The second-order valence-corrected chi connectivity index (χ2v) is 5.75. The van der Waals surface area contributed by atoms with Crippen molar-refractivity contribution in [2.75, 3.05) is 6.61 Å². The summed E-state index contributed by atoms with van der Waals surface area (Å²) in [6.07, 6.45) is 2.11. The first kappa shape index (κ1) is 17.4. The van der Waals surface area contributed by atoms with Gasteiger partial charge in [0, 0.05) is 11.1 Å². The topological polar surface area (TPSA) is 64.3 Å². The summed E-state index contributed by atoms with van der Waals surface area (Å²) < 4.78 is 5.60. The molecule has 0 aliphatic rings. The summed E-state index contributed by atoms with van der Waals surface area (Å²) in [7, 11) is 0. The van der Waals surface area contributed by atoms with Crippen LogP contribution in [-0.2, 0) is 9.53 Å². The van der Waals surface area contributed by atoms with Crippen LogP contribution in [0.1, 0.15) is 60.8 Å². The van der Waals surface area contributed by atoms with Gasteiger partial charge in [0.15, 0.2) is 0 Å². The number of hydrogen-bond donors (Lipinski definition) is 2. The average molecular weight is 258 g/mol. The summed E-state index contributed by atoms with van der Waals surface area (Å²) in [6.45, 7) is 12.3. The molecule has 0 bridgehead atoms. The molecule has 0 spiro atoms. The first-order valence-electron chi connectivity index (χ1n) is 6.92. The largest absolute Gasteiger partial charge is 0.367 e.